The maximum absolute atomic E-state index is 10.8. The minimum atomic E-state index is -0.0354. The van der Waals surface area contributed by atoms with Crippen molar-refractivity contribution in [2.45, 2.75) is 26.3 Å². The standard InChI is InChI=1S/C6H16N4O2/c1-6(2)9(5-3-4-7)10(12)8-11/h6,11H,3-5,7H2,1-2H3/p-1/b10-8-. The Morgan fingerprint density at radius 2 is 2.17 bits per heavy atom. The average Bonchev–Trinajstić information content (AvgIpc) is 2.04. The van der Waals surface area contributed by atoms with Crippen molar-refractivity contribution in [2.75, 3.05) is 13.1 Å². The monoisotopic (exact) mass is 175 g/mol. The van der Waals surface area contributed by atoms with Gasteiger partial charge in [-0.3, -0.25) is 0 Å². The predicted octanol–water partition coefficient (Wildman–Crippen LogP) is 0.421. The number of nitrogens with zero attached hydrogens (tertiary/aromatic N) is 3. The highest BCUT2D eigenvalue weighted by atomic mass is 16.6. The maximum atomic E-state index is 10.8. The average molecular weight is 175 g/mol. The SMILES string of the molecule is CC(C)N(CCCN)/[N+]([O-])=N/[O-]. The summed E-state index contributed by atoms with van der Waals surface area (Å²) in [5, 5.41) is 24.3. The van der Waals surface area contributed by atoms with Gasteiger partial charge in [-0.15, -0.1) is 5.01 Å². The van der Waals surface area contributed by atoms with E-state index in [0.29, 0.717) is 19.5 Å². The van der Waals surface area contributed by atoms with E-state index in [1.54, 1.807) is 0 Å². The van der Waals surface area contributed by atoms with Crippen molar-refractivity contribution in [1.29, 1.82) is 0 Å². The van der Waals surface area contributed by atoms with E-state index in [9.17, 15) is 10.4 Å². The van der Waals surface area contributed by atoms with Gasteiger partial charge in [0, 0.05) is 4.97 Å². The lowest BCUT2D eigenvalue weighted by Crippen LogP contribution is -2.38. The summed E-state index contributed by atoms with van der Waals surface area (Å²) in [4.78, 5) is 0.0698. The zero-order chi connectivity index (χ0) is 9.56. The Balaban J connectivity index is 4.04. The van der Waals surface area contributed by atoms with Gasteiger partial charge in [-0.1, -0.05) is 0 Å². The van der Waals surface area contributed by atoms with Gasteiger partial charge in [-0.05, 0) is 32.1 Å². The fourth-order valence-electron chi connectivity index (χ4n) is 0.841. The van der Waals surface area contributed by atoms with Crippen LogP contribution >= 0.6 is 0 Å². The van der Waals surface area contributed by atoms with Gasteiger partial charge in [0.2, 0.25) is 0 Å². The quantitative estimate of drug-likeness (QED) is 0.372. The van der Waals surface area contributed by atoms with E-state index in [0.717, 1.165) is 0 Å². The van der Waals surface area contributed by atoms with Gasteiger partial charge in [0.1, 0.15) is 0 Å². The van der Waals surface area contributed by atoms with Crippen LogP contribution in [0.2, 0.25) is 0 Å². The Morgan fingerprint density at radius 3 is 2.50 bits per heavy atom. The molecular weight excluding hydrogens is 160 g/mol. The highest BCUT2D eigenvalue weighted by Crippen LogP contribution is 1.99. The minimum absolute atomic E-state index is 0.0354. The van der Waals surface area contributed by atoms with Crippen molar-refractivity contribution in [3.05, 3.63) is 10.4 Å². The molecule has 0 unspecified atom stereocenters. The normalized spacial score (nSPS) is 12.2. The van der Waals surface area contributed by atoms with Crippen LogP contribution in [-0.2, 0) is 0 Å². The molecule has 72 valence electrons. The molecule has 0 bridgehead atoms. The fourth-order valence-corrected chi connectivity index (χ4v) is 0.841. The van der Waals surface area contributed by atoms with Gasteiger partial charge >= 0.3 is 0 Å². The molecule has 0 heterocycles. The number of hydrogen-bond acceptors (Lipinski definition) is 4. The molecule has 0 spiro atoms. The molecule has 0 saturated carbocycles. The highest BCUT2D eigenvalue weighted by molar-refractivity contribution is 4.51. The first-order valence-corrected chi connectivity index (χ1v) is 3.90. The van der Waals surface area contributed by atoms with Crippen molar-refractivity contribution in [2.24, 2.45) is 11.0 Å². The molecule has 0 aromatic heterocycles. The summed E-state index contributed by atoms with van der Waals surface area (Å²) in [5.41, 5.74) is 5.26. The third-order valence-corrected chi connectivity index (χ3v) is 1.48. The molecule has 0 aliphatic carbocycles. The second kappa shape index (κ2) is 5.59. The summed E-state index contributed by atoms with van der Waals surface area (Å²) in [6.45, 7) is 4.58. The molecular formula is C6H15N4O2-. The lowest BCUT2D eigenvalue weighted by Gasteiger charge is -2.22. The van der Waals surface area contributed by atoms with Crippen LogP contribution in [0.3, 0.4) is 0 Å². The van der Waals surface area contributed by atoms with E-state index in [-0.39, 0.29) is 11.0 Å². The molecule has 0 aliphatic rings. The predicted molar refractivity (Wildman–Crippen MR) is 44.9 cm³/mol. The van der Waals surface area contributed by atoms with Gasteiger partial charge in [-0.2, -0.15) is 0 Å². The molecule has 0 amide bonds. The van der Waals surface area contributed by atoms with Crippen molar-refractivity contribution >= 4 is 0 Å². The molecule has 0 rings (SSSR count). The molecule has 0 saturated heterocycles. The summed E-state index contributed by atoms with van der Waals surface area (Å²) >= 11 is 0. The van der Waals surface area contributed by atoms with Crippen LogP contribution in [0.25, 0.3) is 0 Å². The van der Waals surface area contributed by atoms with Crippen LogP contribution in [-0.4, -0.2) is 29.1 Å². The largest absolute Gasteiger partial charge is 0.737 e. The maximum Gasteiger partial charge on any atom is 0.0820 e. The van der Waals surface area contributed by atoms with Crippen molar-refractivity contribution in [3.8, 4) is 0 Å². The van der Waals surface area contributed by atoms with Crippen LogP contribution in [0.15, 0.2) is 5.28 Å². The zero-order valence-electron chi connectivity index (χ0n) is 7.43. The first-order valence-electron chi connectivity index (χ1n) is 3.90. The van der Waals surface area contributed by atoms with Crippen LogP contribution in [0.1, 0.15) is 20.3 Å². The summed E-state index contributed by atoms with van der Waals surface area (Å²) in [7, 11) is 0. The molecule has 0 atom stereocenters. The van der Waals surface area contributed by atoms with E-state index >= 15 is 0 Å². The molecule has 0 radical (unpaired) electrons. The van der Waals surface area contributed by atoms with Crippen molar-refractivity contribution < 1.29 is 4.97 Å². The molecule has 12 heavy (non-hydrogen) atoms. The van der Waals surface area contributed by atoms with E-state index in [1.807, 2.05) is 13.8 Å². The van der Waals surface area contributed by atoms with E-state index < -0.39 is 0 Å². The number of hydrazine groups is 1. The summed E-state index contributed by atoms with van der Waals surface area (Å²) in [6, 6.07) is -0.0354. The second-order valence-corrected chi connectivity index (χ2v) is 2.73. The number of rotatable bonds is 5. The van der Waals surface area contributed by atoms with Crippen molar-refractivity contribution in [3.63, 3.8) is 0 Å². The molecule has 6 nitrogen and oxygen atoms in total. The first-order chi connectivity index (χ1) is 5.63. The lowest BCUT2D eigenvalue weighted by molar-refractivity contribution is -0.697. The zero-order valence-corrected chi connectivity index (χ0v) is 7.43. The summed E-state index contributed by atoms with van der Waals surface area (Å²) < 4.78 is 0. The van der Waals surface area contributed by atoms with Gasteiger partial charge in [0.25, 0.3) is 0 Å². The van der Waals surface area contributed by atoms with Gasteiger partial charge in [0.15, 0.2) is 0 Å². The van der Waals surface area contributed by atoms with Crippen molar-refractivity contribution in [1.82, 2.24) is 5.01 Å². The van der Waals surface area contributed by atoms with Crippen LogP contribution in [0, 0.1) is 10.4 Å². The Kier molecular flexibility index (Phi) is 5.11. The summed E-state index contributed by atoms with van der Waals surface area (Å²) in [5.74, 6) is 0. The molecule has 0 aromatic carbocycles. The third-order valence-electron chi connectivity index (χ3n) is 1.48. The minimum Gasteiger partial charge on any atom is -0.737 e. The molecule has 0 fully saturated rings. The number of hydrogen-bond donors (Lipinski definition) is 1. The Labute approximate surface area is 71.8 Å². The Bertz CT molecular complexity index is 148. The van der Waals surface area contributed by atoms with Gasteiger partial charge in [-0.25, -0.2) is 0 Å². The first kappa shape index (κ1) is 11.0. The summed E-state index contributed by atoms with van der Waals surface area (Å²) in [6.07, 6.45) is 0.673. The third kappa shape index (κ3) is 3.38. The molecule has 6 heteroatoms. The Hall–Kier alpha value is -1.04. The van der Waals surface area contributed by atoms with E-state index in [2.05, 4.69) is 5.28 Å². The number of nitrogens with two attached hydrogens (primary N) is 1. The van der Waals surface area contributed by atoms with Gasteiger partial charge < -0.3 is 16.1 Å². The van der Waals surface area contributed by atoms with E-state index in [1.165, 1.54) is 5.01 Å². The smallest absolute Gasteiger partial charge is 0.0820 e. The lowest BCUT2D eigenvalue weighted by atomic mass is 10.3. The van der Waals surface area contributed by atoms with Crippen LogP contribution in [0.4, 0.5) is 0 Å². The highest BCUT2D eigenvalue weighted by Gasteiger charge is 2.14. The van der Waals surface area contributed by atoms with E-state index in [4.69, 9.17) is 5.73 Å². The molecule has 0 aliphatic heterocycles. The van der Waals surface area contributed by atoms with Gasteiger partial charge in [0.05, 0.1) is 12.6 Å². The van der Waals surface area contributed by atoms with Crippen LogP contribution in [0.5, 0.6) is 0 Å². The van der Waals surface area contributed by atoms with Crippen LogP contribution < -0.4 is 5.73 Å². The fraction of sp³-hybridized carbons (Fsp3) is 1.00. The molecule has 0 aromatic rings. The molecule has 2 N–H and O–H groups in total. The topological polar surface area (TPSA) is 90.8 Å². The Morgan fingerprint density at radius 1 is 1.58 bits per heavy atom. The second-order valence-electron chi connectivity index (χ2n) is 2.73.